The van der Waals surface area contributed by atoms with Gasteiger partial charge in [0.25, 0.3) is 0 Å². The van der Waals surface area contributed by atoms with Gasteiger partial charge in [0.1, 0.15) is 11.2 Å². The molecule has 9 aromatic carbocycles. The molecule has 2 aromatic heterocycles. The molecule has 0 radical (unpaired) electrons. The number of rotatable bonds is 6. The zero-order valence-electron chi connectivity index (χ0n) is 30.8. The highest BCUT2D eigenvalue weighted by Gasteiger charge is 2.19. The third-order valence-corrected chi connectivity index (χ3v) is 10.9. The van der Waals surface area contributed by atoms with Crippen molar-refractivity contribution in [2.45, 2.75) is 0 Å². The summed E-state index contributed by atoms with van der Waals surface area (Å²) in [5.41, 5.74) is 11.3. The predicted octanol–water partition coefficient (Wildman–Crippen LogP) is 14.1. The smallest absolute Gasteiger partial charge is 0.164 e. The first-order valence-corrected chi connectivity index (χ1v) is 19.2. The Hall–Kier alpha value is -7.69. The molecule has 266 valence electrons. The van der Waals surface area contributed by atoms with E-state index in [9.17, 15) is 0 Å². The van der Waals surface area contributed by atoms with Gasteiger partial charge in [0.05, 0.1) is 0 Å². The molecule has 0 aliphatic heterocycles. The second-order valence-electron chi connectivity index (χ2n) is 14.4. The molecule has 0 aliphatic rings. The van der Waals surface area contributed by atoms with E-state index in [-0.39, 0.29) is 0 Å². The van der Waals surface area contributed by atoms with Crippen LogP contribution in [0.5, 0.6) is 0 Å². The Morgan fingerprint density at radius 2 is 0.772 bits per heavy atom. The van der Waals surface area contributed by atoms with E-state index in [1.54, 1.807) is 0 Å². The van der Waals surface area contributed by atoms with Gasteiger partial charge in [-0.05, 0) is 97.4 Å². The van der Waals surface area contributed by atoms with Gasteiger partial charge in [0.15, 0.2) is 17.5 Å². The largest absolute Gasteiger partial charge is 0.456 e. The van der Waals surface area contributed by atoms with Crippen molar-refractivity contribution in [3.63, 3.8) is 0 Å². The SMILES string of the molecule is c1ccc(-c2cccc(-c3nc(-c4ccccc4)nc(-c4cccc5oc6ccc(-c7ccc8cc(-c9ccc%10ccccc%10c9)ccc8c7)cc6c45)n3)c2)cc1. The van der Waals surface area contributed by atoms with Crippen LogP contribution in [0.3, 0.4) is 0 Å². The average molecular weight is 728 g/mol. The Morgan fingerprint density at radius 3 is 1.49 bits per heavy atom. The van der Waals surface area contributed by atoms with E-state index in [1.807, 2.05) is 48.5 Å². The molecule has 0 unspecified atom stereocenters. The van der Waals surface area contributed by atoms with E-state index >= 15 is 0 Å². The first kappa shape index (κ1) is 32.7. The van der Waals surface area contributed by atoms with E-state index in [4.69, 9.17) is 19.4 Å². The third-order valence-electron chi connectivity index (χ3n) is 10.9. The zero-order valence-corrected chi connectivity index (χ0v) is 30.8. The molecule has 0 N–H and O–H groups in total. The van der Waals surface area contributed by atoms with Crippen LogP contribution in [0.2, 0.25) is 0 Å². The van der Waals surface area contributed by atoms with Gasteiger partial charge in [-0.15, -0.1) is 0 Å². The molecular formula is C53H33N3O. The lowest BCUT2D eigenvalue weighted by atomic mass is 9.96. The summed E-state index contributed by atoms with van der Waals surface area (Å²) in [6.07, 6.45) is 0. The highest BCUT2D eigenvalue weighted by Crippen LogP contribution is 2.39. The van der Waals surface area contributed by atoms with Crippen molar-refractivity contribution in [1.82, 2.24) is 15.0 Å². The summed E-state index contributed by atoms with van der Waals surface area (Å²) >= 11 is 0. The predicted molar refractivity (Wildman–Crippen MR) is 235 cm³/mol. The summed E-state index contributed by atoms with van der Waals surface area (Å²) < 4.78 is 6.48. The average Bonchev–Trinajstić information content (AvgIpc) is 3.67. The van der Waals surface area contributed by atoms with Crippen LogP contribution in [0.4, 0.5) is 0 Å². The minimum Gasteiger partial charge on any atom is -0.456 e. The molecule has 0 aliphatic carbocycles. The van der Waals surface area contributed by atoms with Gasteiger partial charge in [-0.3, -0.25) is 0 Å². The highest BCUT2D eigenvalue weighted by molar-refractivity contribution is 6.13. The second kappa shape index (κ2) is 13.6. The molecule has 0 amide bonds. The normalized spacial score (nSPS) is 11.5. The van der Waals surface area contributed by atoms with Gasteiger partial charge in [0, 0.05) is 27.5 Å². The quantitative estimate of drug-likeness (QED) is 0.171. The van der Waals surface area contributed by atoms with Crippen LogP contribution >= 0.6 is 0 Å². The topological polar surface area (TPSA) is 51.8 Å². The van der Waals surface area contributed by atoms with Gasteiger partial charge in [-0.1, -0.05) is 158 Å². The summed E-state index contributed by atoms with van der Waals surface area (Å²) in [4.78, 5) is 15.3. The number of hydrogen-bond acceptors (Lipinski definition) is 4. The summed E-state index contributed by atoms with van der Waals surface area (Å²) in [5.74, 6) is 1.82. The van der Waals surface area contributed by atoms with Gasteiger partial charge in [-0.25, -0.2) is 15.0 Å². The number of benzene rings is 9. The number of fused-ring (bicyclic) bond motifs is 5. The Morgan fingerprint density at radius 1 is 0.281 bits per heavy atom. The molecule has 0 bridgehead atoms. The minimum atomic E-state index is 0.593. The van der Waals surface area contributed by atoms with Crippen molar-refractivity contribution in [1.29, 1.82) is 0 Å². The Labute approximate surface area is 329 Å². The maximum absolute atomic E-state index is 6.48. The Bertz CT molecular complexity index is 3300. The van der Waals surface area contributed by atoms with Crippen molar-refractivity contribution in [2.75, 3.05) is 0 Å². The number of aromatic nitrogens is 3. The van der Waals surface area contributed by atoms with E-state index < -0.39 is 0 Å². The number of hydrogen-bond donors (Lipinski definition) is 0. The van der Waals surface area contributed by atoms with Gasteiger partial charge in [-0.2, -0.15) is 0 Å². The lowest BCUT2D eigenvalue weighted by Gasteiger charge is -2.10. The number of nitrogens with zero attached hydrogens (tertiary/aromatic N) is 3. The summed E-state index contributed by atoms with van der Waals surface area (Å²) in [6.45, 7) is 0. The summed E-state index contributed by atoms with van der Waals surface area (Å²) in [5, 5.41) is 6.88. The van der Waals surface area contributed by atoms with Crippen LogP contribution in [0.1, 0.15) is 0 Å². The van der Waals surface area contributed by atoms with E-state index in [0.29, 0.717) is 17.5 Å². The third kappa shape index (κ3) is 6.01. The maximum atomic E-state index is 6.48. The molecule has 2 heterocycles. The van der Waals surface area contributed by atoms with Crippen molar-refractivity contribution < 1.29 is 4.42 Å². The molecule has 4 nitrogen and oxygen atoms in total. The van der Waals surface area contributed by atoms with Crippen molar-refractivity contribution in [3.05, 3.63) is 200 Å². The van der Waals surface area contributed by atoms with Crippen LogP contribution in [-0.2, 0) is 0 Å². The molecule has 0 saturated heterocycles. The fourth-order valence-corrected chi connectivity index (χ4v) is 7.98. The molecule has 0 spiro atoms. The van der Waals surface area contributed by atoms with Crippen LogP contribution in [0, 0.1) is 0 Å². The second-order valence-corrected chi connectivity index (χ2v) is 14.4. The zero-order chi connectivity index (χ0) is 37.7. The molecule has 0 atom stereocenters. The lowest BCUT2D eigenvalue weighted by Crippen LogP contribution is -2.00. The monoisotopic (exact) mass is 727 g/mol. The summed E-state index contributed by atoms with van der Waals surface area (Å²) in [6, 6.07) is 70.1. The molecule has 0 saturated carbocycles. The summed E-state index contributed by atoms with van der Waals surface area (Å²) in [7, 11) is 0. The molecular weight excluding hydrogens is 695 g/mol. The molecule has 4 heteroatoms. The van der Waals surface area contributed by atoms with Crippen molar-refractivity contribution >= 4 is 43.5 Å². The van der Waals surface area contributed by atoms with Gasteiger partial charge in [0.2, 0.25) is 0 Å². The van der Waals surface area contributed by atoms with E-state index in [2.05, 4.69) is 152 Å². The van der Waals surface area contributed by atoms with Crippen LogP contribution < -0.4 is 0 Å². The van der Waals surface area contributed by atoms with Crippen LogP contribution in [-0.4, -0.2) is 15.0 Å². The van der Waals surface area contributed by atoms with Crippen molar-refractivity contribution in [3.8, 4) is 67.5 Å². The van der Waals surface area contributed by atoms with Crippen LogP contribution in [0.25, 0.3) is 111 Å². The maximum Gasteiger partial charge on any atom is 0.164 e. The lowest BCUT2D eigenvalue weighted by molar-refractivity contribution is 0.669. The van der Waals surface area contributed by atoms with Gasteiger partial charge < -0.3 is 4.42 Å². The van der Waals surface area contributed by atoms with Crippen molar-refractivity contribution in [2.24, 2.45) is 0 Å². The Balaban J connectivity index is 1.02. The molecule has 11 rings (SSSR count). The first-order valence-electron chi connectivity index (χ1n) is 19.2. The standard InChI is InChI=1S/C53H33N3O/c1-3-11-34(12-4-1)38-17-9-18-45(32-38)52-54-51(36-14-5-2-6-15-36)55-53(56-52)46-19-10-20-49-50(46)47-33-44(27-28-48(47)57-49)43-26-25-41-30-40(23-24-42(41)31-43)39-22-21-35-13-7-8-16-37(35)29-39/h1-33H. The van der Waals surface area contributed by atoms with E-state index in [1.165, 1.54) is 32.7 Å². The van der Waals surface area contributed by atoms with Gasteiger partial charge >= 0.3 is 0 Å². The molecule has 57 heavy (non-hydrogen) atoms. The Kier molecular flexibility index (Phi) is 7.78. The fourth-order valence-electron chi connectivity index (χ4n) is 7.98. The molecule has 11 aromatic rings. The highest BCUT2D eigenvalue weighted by atomic mass is 16.3. The van der Waals surface area contributed by atoms with Crippen LogP contribution in [0.15, 0.2) is 205 Å². The molecule has 0 fully saturated rings. The minimum absolute atomic E-state index is 0.593. The van der Waals surface area contributed by atoms with E-state index in [0.717, 1.165) is 60.9 Å². The fraction of sp³-hybridized carbons (Fsp3) is 0. The first-order chi connectivity index (χ1) is 28.2. The number of furan rings is 1.